The number of pyridine rings is 2. The lowest BCUT2D eigenvalue weighted by atomic mass is 9.71. The number of hydrogen-bond donors (Lipinski definition) is 1. The summed E-state index contributed by atoms with van der Waals surface area (Å²) in [6.07, 6.45) is 6.38. The van der Waals surface area contributed by atoms with Gasteiger partial charge in [0.2, 0.25) is 5.92 Å². The SMILES string of the molecule is CN1CCC(c2ccc(-c3cc(Oc4ccc(NC(=O)N(C)CCC5(C=O)CCC(F)(F)CC5)nc4)ccn3)cc2)CC1. The Hall–Kier alpha value is -3.92. The van der Waals surface area contributed by atoms with Crippen molar-refractivity contribution >= 4 is 18.1 Å². The Morgan fingerprint density at radius 3 is 2.42 bits per heavy atom. The van der Waals surface area contributed by atoms with E-state index in [9.17, 15) is 18.4 Å². The van der Waals surface area contributed by atoms with Gasteiger partial charge in [-0.05, 0) is 81.9 Å². The number of carbonyl (C=O) groups excluding carboxylic acids is 2. The first-order chi connectivity index (χ1) is 20.6. The molecule has 2 fully saturated rings. The van der Waals surface area contributed by atoms with Gasteiger partial charge in [0, 0.05) is 49.7 Å². The highest BCUT2D eigenvalue weighted by atomic mass is 19.3. The second-order valence-corrected chi connectivity index (χ2v) is 12.0. The average Bonchev–Trinajstić information content (AvgIpc) is 3.02. The van der Waals surface area contributed by atoms with Crippen molar-refractivity contribution in [2.45, 2.75) is 56.8 Å². The Balaban J connectivity index is 1.13. The molecule has 1 aliphatic carbocycles. The fraction of sp³-hybridized carbons (Fsp3) is 0.455. The van der Waals surface area contributed by atoms with E-state index in [2.05, 4.69) is 51.5 Å². The molecule has 0 radical (unpaired) electrons. The van der Waals surface area contributed by atoms with Gasteiger partial charge in [-0.3, -0.25) is 10.3 Å². The Morgan fingerprint density at radius 1 is 1.05 bits per heavy atom. The first kappa shape index (κ1) is 30.5. The van der Waals surface area contributed by atoms with E-state index < -0.39 is 17.4 Å². The zero-order chi connectivity index (χ0) is 30.5. The molecule has 1 aliphatic heterocycles. The summed E-state index contributed by atoms with van der Waals surface area (Å²) in [7, 11) is 3.77. The maximum Gasteiger partial charge on any atom is 0.322 e. The standard InChI is InChI=1S/C33H39F2N5O3/c1-39-18-10-25(11-19-39)24-3-5-26(6-4-24)29-21-27(9-17-36-29)43-28-7-8-30(37-22-28)38-31(42)40(2)20-16-32(23-41)12-14-33(34,35)15-13-32/h3-9,17,21-23,25H,10-16,18-20H2,1-2H3,(H,37,38,42). The molecule has 3 heterocycles. The Bertz CT molecular complexity index is 1380. The van der Waals surface area contributed by atoms with Crippen molar-refractivity contribution < 1.29 is 23.1 Å². The highest BCUT2D eigenvalue weighted by molar-refractivity contribution is 5.88. The van der Waals surface area contributed by atoms with Crippen molar-refractivity contribution in [2.24, 2.45) is 5.41 Å². The van der Waals surface area contributed by atoms with Gasteiger partial charge in [-0.25, -0.2) is 18.6 Å². The largest absolute Gasteiger partial charge is 0.456 e. The number of amides is 2. The van der Waals surface area contributed by atoms with Crippen LogP contribution < -0.4 is 10.1 Å². The van der Waals surface area contributed by atoms with Gasteiger partial charge in [0.25, 0.3) is 0 Å². The van der Waals surface area contributed by atoms with Gasteiger partial charge in [-0.15, -0.1) is 0 Å². The minimum Gasteiger partial charge on any atom is -0.456 e. The lowest BCUT2D eigenvalue weighted by Crippen LogP contribution is -2.39. The third kappa shape index (κ3) is 7.93. The molecule has 2 aromatic heterocycles. The molecular weight excluding hydrogens is 552 g/mol. The molecule has 1 aromatic carbocycles. The molecule has 0 unspecified atom stereocenters. The summed E-state index contributed by atoms with van der Waals surface area (Å²) in [5, 5.41) is 2.72. The van der Waals surface area contributed by atoms with Crippen LogP contribution in [-0.2, 0) is 4.79 Å². The van der Waals surface area contributed by atoms with Crippen LogP contribution in [0.1, 0.15) is 56.4 Å². The van der Waals surface area contributed by atoms with E-state index in [1.54, 1.807) is 31.4 Å². The van der Waals surface area contributed by atoms with Crippen LogP contribution in [0, 0.1) is 5.41 Å². The van der Waals surface area contributed by atoms with Crippen molar-refractivity contribution in [2.75, 3.05) is 39.0 Å². The summed E-state index contributed by atoms with van der Waals surface area (Å²) in [4.78, 5) is 37.0. The molecule has 5 rings (SSSR count). The van der Waals surface area contributed by atoms with E-state index in [0.717, 1.165) is 30.6 Å². The third-order valence-corrected chi connectivity index (χ3v) is 8.85. The van der Waals surface area contributed by atoms with Gasteiger partial charge < -0.3 is 19.3 Å². The van der Waals surface area contributed by atoms with Gasteiger partial charge in [0.05, 0.1) is 11.9 Å². The minimum absolute atomic E-state index is 0.131. The highest BCUT2D eigenvalue weighted by Crippen LogP contribution is 2.44. The number of anilines is 1. The number of hydrogen-bond acceptors (Lipinski definition) is 6. The quantitative estimate of drug-likeness (QED) is 0.270. The molecule has 1 saturated carbocycles. The molecule has 0 atom stereocenters. The van der Waals surface area contributed by atoms with Crippen molar-refractivity contribution in [1.82, 2.24) is 19.8 Å². The molecule has 43 heavy (non-hydrogen) atoms. The molecule has 3 aromatic rings. The highest BCUT2D eigenvalue weighted by Gasteiger charge is 2.43. The van der Waals surface area contributed by atoms with E-state index in [1.807, 2.05) is 6.07 Å². The Labute approximate surface area is 251 Å². The topological polar surface area (TPSA) is 87.7 Å². The van der Waals surface area contributed by atoms with Crippen LogP contribution in [0.3, 0.4) is 0 Å². The summed E-state index contributed by atoms with van der Waals surface area (Å²) in [6, 6.07) is 15.2. The predicted octanol–water partition coefficient (Wildman–Crippen LogP) is 6.99. The monoisotopic (exact) mass is 591 g/mol. The molecule has 0 bridgehead atoms. The second-order valence-electron chi connectivity index (χ2n) is 12.0. The average molecular weight is 592 g/mol. The lowest BCUT2D eigenvalue weighted by Gasteiger charge is -2.36. The summed E-state index contributed by atoms with van der Waals surface area (Å²) in [5.74, 6) is -0.653. The first-order valence-corrected chi connectivity index (χ1v) is 14.9. The number of aldehydes is 1. The number of aromatic nitrogens is 2. The van der Waals surface area contributed by atoms with Crippen molar-refractivity contribution in [1.29, 1.82) is 0 Å². The fourth-order valence-electron chi connectivity index (χ4n) is 5.79. The minimum atomic E-state index is -2.71. The van der Waals surface area contributed by atoms with E-state index in [-0.39, 0.29) is 32.2 Å². The van der Waals surface area contributed by atoms with Crippen LogP contribution in [0.4, 0.5) is 19.4 Å². The van der Waals surface area contributed by atoms with Crippen LogP contribution in [0.5, 0.6) is 11.5 Å². The zero-order valence-corrected chi connectivity index (χ0v) is 24.8. The molecule has 0 spiro atoms. The number of nitrogens with one attached hydrogen (secondary N) is 1. The van der Waals surface area contributed by atoms with Gasteiger partial charge in [0.15, 0.2) is 0 Å². The number of halogens is 2. The number of piperidine rings is 1. The van der Waals surface area contributed by atoms with E-state index in [4.69, 9.17) is 4.74 Å². The number of alkyl halides is 2. The van der Waals surface area contributed by atoms with Crippen molar-refractivity contribution in [3.05, 3.63) is 66.5 Å². The molecule has 10 heteroatoms. The third-order valence-electron chi connectivity index (χ3n) is 8.85. The van der Waals surface area contributed by atoms with Gasteiger partial charge in [-0.1, -0.05) is 24.3 Å². The molecule has 228 valence electrons. The number of likely N-dealkylation sites (tertiary alicyclic amines) is 1. The maximum absolute atomic E-state index is 13.6. The summed E-state index contributed by atoms with van der Waals surface area (Å²) in [5.41, 5.74) is 2.39. The lowest BCUT2D eigenvalue weighted by molar-refractivity contribution is -0.125. The molecule has 2 aliphatic rings. The van der Waals surface area contributed by atoms with Gasteiger partial charge in [0.1, 0.15) is 23.6 Å². The Morgan fingerprint density at radius 2 is 1.77 bits per heavy atom. The van der Waals surface area contributed by atoms with Crippen LogP contribution in [0.2, 0.25) is 0 Å². The summed E-state index contributed by atoms with van der Waals surface area (Å²) < 4.78 is 33.1. The predicted molar refractivity (Wildman–Crippen MR) is 162 cm³/mol. The second kappa shape index (κ2) is 13.2. The first-order valence-electron chi connectivity index (χ1n) is 14.9. The number of nitrogens with zero attached hydrogens (tertiary/aromatic N) is 4. The summed E-state index contributed by atoms with van der Waals surface area (Å²) >= 11 is 0. The van der Waals surface area contributed by atoms with Crippen LogP contribution in [0.15, 0.2) is 60.9 Å². The van der Waals surface area contributed by atoms with Crippen LogP contribution in [0.25, 0.3) is 11.3 Å². The normalized spacial score (nSPS) is 18.5. The smallest absolute Gasteiger partial charge is 0.322 e. The Kier molecular flexibility index (Phi) is 9.34. The fourth-order valence-corrected chi connectivity index (χ4v) is 5.79. The zero-order valence-electron chi connectivity index (χ0n) is 24.8. The molecular formula is C33H39F2N5O3. The number of carbonyl (C=O) groups is 2. The molecule has 8 nitrogen and oxygen atoms in total. The number of urea groups is 1. The van der Waals surface area contributed by atoms with E-state index in [0.29, 0.717) is 29.7 Å². The maximum atomic E-state index is 13.6. The van der Waals surface area contributed by atoms with Crippen LogP contribution >= 0.6 is 0 Å². The van der Waals surface area contributed by atoms with Crippen molar-refractivity contribution in [3.8, 4) is 22.8 Å². The summed E-state index contributed by atoms with van der Waals surface area (Å²) in [6.45, 7) is 2.52. The molecule has 1 N–H and O–H groups in total. The molecule has 1 saturated heterocycles. The van der Waals surface area contributed by atoms with E-state index >= 15 is 0 Å². The number of rotatable bonds is 9. The van der Waals surface area contributed by atoms with Gasteiger partial charge >= 0.3 is 6.03 Å². The van der Waals surface area contributed by atoms with E-state index in [1.165, 1.54) is 29.5 Å². The number of ether oxygens (including phenoxy) is 1. The molecule has 2 amide bonds. The number of benzene rings is 1. The van der Waals surface area contributed by atoms with Crippen LogP contribution in [-0.4, -0.2) is 71.7 Å². The van der Waals surface area contributed by atoms with Crippen molar-refractivity contribution in [3.63, 3.8) is 0 Å². The van der Waals surface area contributed by atoms with Gasteiger partial charge in [-0.2, -0.15) is 0 Å².